The first-order valence-electron chi connectivity index (χ1n) is 7.46. The molecule has 0 saturated heterocycles. The molecule has 5 nitrogen and oxygen atoms in total. The molecule has 2 aromatic heterocycles. The first kappa shape index (κ1) is 17.9. The van der Waals surface area contributed by atoms with Crippen LogP contribution in [0.2, 0.25) is 0 Å². The van der Waals surface area contributed by atoms with Gasteiger partial charge in [0, 0.05) is 4.88 Å². The van der Waals surface area contributed by atoms with Crippen LogP contribution in [0, 0.1) is 6.92 Å². The molecular weight excluding hydrogens is 365 g/mol. The van der Waals surface area contributed by atoms with Gasteiger partial charge < -0.3 is 0 Å². The molecule has 2 heterocycles. The van der Waals surface area contributed by atoms with Crippen LogP contribution in [-0.2, 0) is 6.18 Å². The van der Waals surface area contributed by atoms with Crippen molar-refractivity contribution in [3.8, 4) is 5.69 Å². The molecule has 1 N–H and O–H groups in total. The summed E-state index contributed by atoms with van der Waals surface area (Å²) in [4.78, 5) is 13.0. The van der Waals surface area contributed by atoms with Gasteiger partial charge in [-0.3, -0.25) is 4.79 Å². The summed E-state index contributed by atoms with van der Waals surface area (Å²) in [5.41, 5.74) is 1.54. The van der Waals surface area contributed by atoms with E-state index >= 15 is 0 Å². The zero-order chi connectivity index (χ0) is 18.7. The largest absolute Gasteiger partial charge is 0.434 e. The number of hydrogen-bond acceptors (Lipinski definition) is 4. The summed E-state index contributed by atoms with van der Waals surface area (Å²) in [7, 11) is 0. The van der Waals surface area contributed by atoms with E-state index in [-0.39, 0.29) is 5.69 Å². The van der Waals surface area contributed by atoms with E-state index < -0.39 is 23.3 Å². The van der Waals surface area contributed by atoms with Gasteiger partial charge in [-0.2, -0.15) is 23.4 Å². The Hall–Kier alpha value is -2.94. The fourth-order valence-electron chi connectivity index (χ4n) is 2.28. The van der Waals surface area contributed by atoms with E-state index in [2.05, 4.69) is 15.6 Å². The van der Waals surface area contributed by atoms with Crippen LogP contribution in [0.5, 0.6) is 0 Å². The highest BCUT2D eigenvalue weighted by atomic mass is 32.1. The number of amides is 1. The van der Waals surface area contributed by atoms with Gasteiger partial charge >= 0.3 is 6.18 Å². The summed E-state index contributed by atoms with van der Waals surface area (Å²) in [5, 5.41) is 9.32. The highest BCUT2D eigenvalue weighted by Gasteiger charge is 2.40. The zero-order valence-corrected chi connectivity index (χ0v) is 14.3. The number of nitrogens with one attached hydrogen (secondary N) is 1. The van der Waals surface area contributed by atoms with Gasteiger partial charge in [0.1, 0.15) is 0 Å². The van der Waals surface area contributed by atoms with Crippen molar-refractivity contribution in [2.45, 2.75) is 13.1 Å². The maximum Gasteiger partial charge on any atom is 0.434 e. The molecule has 26 heavy (non-hydrogen) atoms. The fraction of sp³-hybridized carbons (Fsp3) is 0.118. The van der Waals surface area contributed by atoms with Gasteiger partial charge in [0.05, 0.1) is 23.7 Å². The first-order valence-corrected chi connectivity index (χ1v) is 8.34. The molecule has 3 rings (SSSR count). The lowest BCUT2D eigenvalue weighted by atomic mass is 10.2. The number of nitrogens with zero attached hydrogens (tertiary/aromatic N) is 3. The molecule has 0 aliphatic rings. The first-order chi connectivity index (χ1) is 12.4. The van der Waals surface area contributed by atoms with Crippen LogP contribution in [-0.4, -0.2) is 21.9 Å². The number of rotatable bonds is 4. The van der Waals surface area contributed by atoms with Gasteiger partial charge in [-0.1, -0.05) is 18.2 Å². The summed E-state index contributed by atoms with van der Waals surface area (Å²) < 4.78 is 41.2. The second kappa shape index (κ2) is 7.12. The molecule has 9 heteroatoms. The Morgan fingerprint density at radius 2 is 2.00 bits per heavy atom. The summed E-state index contributed by atoms with van der Waals surface area (Å²) in [5.74, 6) is -0.982. The monoisotopic (exact) mass is 378 g/mol. The lowest BCUT2D eigenvalue weighted by Crippen LogP contribution is -2.23. The molecule has 0 atom stereocenters. The second-order valence-electron chi connectivity index (χ2n) is 5.32. The molecule has 3 aromatic rings. The number of carbonyl (C=O) groups excluding carboxylic acids is 1. The number of hydrogen-bond donors (Lipinski definition) is 1. The quantitative estimate of drug-likeness (QED) is 0.551. The molecule has 134 valence electrons. The van der Waals surface area contributed by atoms with E-state index in [4.69, 9.17) is 0 Å². The Morgan fingerprint density at radius 3 is 2.62 bits per heavy atom. The van der Waals surface area contributed by atoms with E-state index in [1.165, 1.54) is 29.7 Å². The van der Waals surface area contributed by atoms with Crippen molar-refractivity contribution >= 4 is 23.5 Å². The molecule has 0 aliphatic heterocycles. The lowest BCUT2D eigenvalue weighted by molar-refractivity contribution is -0.143. The lowest BCUT2D eigenvalue weighted by Gasteiger charge is -2.12. The maximum absolute atomic E-state index is 13.5. The van der Waals surface area contributed by atoms with Crippen molar-refractivity contribution in [3.05, 3.63) is 69.7 Å². The molecule has 0 unspecified atom stereocenters. The van der Waals surface area contributed by atoms with Crippen molar-refractivity contribution in [2.75, 3.05) is 0 Å². The third-order valence-corrected chi connectivity index (χ3v) is 4.49. The van der Waals surface area contributed by atoms with Crippen molar-refractivity contribution in [2.24, 2.45) is 5.10 Å². The summed E-state index contributed by atoms with van der Waals surface area (Å²) in [6.45, 7) is 1.87. The average Bonchev–Trinajstić information content (AvgIpc) is 3.22. The number of halogens is 3. The number of benzene rings is 1. The molecule has 0 saturated carbocycles. The third kappa shape index (κ3) is 3.67. The van der Waals surface area contributed by atoms with Crippen molar-refractivity contribution in [1.82, 2.24) is 15.2 Å². The van der Waals surface area contributed by atoms with Crippen LogP contribution in [0.4, 0.5) is 13.2 Å². The van der Waals surface area contributed by atoms with Crippen LogP contribution < -0.4 is 5.43 Å². The topological polar surface area (TPSA) is 59.3 Å². The zero-order valence-electron chi connectivity index (χ0n) is 13.5. The molecule has 0 aliphatic carbocycles. The minimum Gasteiger partial charge on any atom is -0.267 e. The maximum atomic E-state index is 13.5. The molecular formula is C17H13F3N4OS. The molecule has 0 fully saturated rings. The number of alkyl halides is 3. The van der Waals surface area contributed by atoms with E-state index in [9.17, 15) is 18.0 Å². The van der Waals surface area contributed by atoms with Gasteiger partial charge in [-0.05, 0) is 36.1 Å². The van der Waals surface area contributed by atoms with Crippen LogP contribution in [0.25, 0.3) is 5.69 Å². The minimum atomic E-state index is -4.76. The highest BCUT2D eigenvalue weighted by molar-refractivity contribution is 7.11. The molecule has 0 radical (unpaired) electrons. The highest BCUT2D eigenvalue weighted by Crippen LogP contribution is 2.33. The minimum absolute atomic E-state index is 0.205. The second-order valence-corrected chi connectivity index (χ2v) is 6.27. The Labute approximate surface area is 150 Å². The molecule has 0 spiro atoms. The fourth-order valence-corrected chi connectivity index (χ4v) is 3.07. The van der Waals surface area contributed by atoms with E-state index in [0.717, 1.165) is 16.6 Å². The number of aryl methyl sites for hydroxylation is 1. The van der Waals surface area contributed by atoms with Gasteiger partial charge in [0.25, 0.3) is 5.91 Å². The van der Waals surface area contributed by atoms with Crippen LogP contribution in [0.15, 0.2) is 53.1 Å². The Balaban J connectivity index is 1.90. The van der Waals surface area contributed by atoms with E-state index in [1.54, 1.807) is 18.2 Å². The normalized spacial score (nSPS) is 11.8. The molecule has 1 amide bonds. The Bertz CT molecular complexity index is 945. The Kier molecular flexibility index (Phi) is 4.90. The number of aromatic nitrogens is 2. The predicted molar refractivity (Wildman–Crippen MR) is 92.7 cm³/mol. The number of hydrazone groups is 1. The van der Waals surface area contributed by atoms with Crippen LogP contribution in [0.1, 0.15) is 26.5 Å². The van der Waals surface area contributed by atoms with Crippen LogP contribution >= 0.6 is 11.3 Å². The average molecular weight is 378 g/mol. The van der Waals surface area contributed by atoms with Gasteiger partial charge in [-0.15, -0.1) is 11.3 Å². The summed E-state index contributed by atoms with van der Waals surface area (Å²) in [6.07, 6.45) is -2.48. The van der Waals surface area contributed by atoms with Gasteiger partial charge in [0.15, 0.2) is 5.69 Å². The number of carbonyl (C=O) groups is 1. The standard InChI is InChI=1S/C17H13F3N4OS/c1-11-7-8-26-14(11)10-21-23-16(25)13-9-22-24(15(13)17(18,19)20)12-5-3-2-4-6-12/h2-10H,1H3,(H,23,25). The van der Waals surface area contributed by atoms with E-state index in [0.29, 0.717) is 4.68 Å². The van der Waals surface area contributed by atoms with Crippen molar-refractivity contribution < 1.29 is 18.0 Å². The molecule has 0 bridgehead atoms. The number of para-hydroxylation sites is 1. The van der Waals surface area contributed by atoms with Gasteiger partial charge in [0.2, 0.25) is 0 Å². The molecule has 1 aromatic carbocycles. The van der Waals surface area contributed by atoms with Gasteiger partial charge in [-0.25, -0.2) is 10.1 Å². The smallest absolute Gasteiger partial charge is 0.267 e. The third-order valence-electron chi connectivity index (χ3n) is 3.53. The summed E-state index contributed by atoms with van der Waals surface area (Å²) in [6, 6.07) is 9.67. The van der Waals surface area contributed by atoms with Crippen molar-refractivity contribution in [1.29, 1.82) is 0 Å². The summed E-state index contributed by atoms with van der Waals surface area (Å²) >= 11 is 1.41. The number of thiophene rings is 1. The predicted octanol–water partition coefficient (Wildman–Crippen LogP) is 4.02. The Morgan fingerprint density at radius 1 is 1.27 bits per heavy atom. The van der Waals surface area contributed by atoms with Crippen LogP contribution in [0.3, 0.4) is 0 Å². The van der Waals surface area contributed by atoms with E-state index in [1.807, 2.05) is 18.4 Å². The van der Waals surface area contributed by atoms with Crippen molar-refractivity contribution in [3.63, 3.8) is 0 Å². The SMILES string of the molecule is Cc1ccsc1C=NNC(=O)c1cnn(-c2ccccc2)c1C(F)(F)F.